The fourth-order valence-electron chi connectivity index (χ4n) is 2.45. The molecule has 0 unspecified atom stereocenters. The van der Waals surface area contributed by atoms with Gasteiger partial charge in [0.25, 0.3) is 0 Å². The first-order valence-corrected chi connectivity index (χ1v) is 8.60. The van der Waals surface area contributed by atoms with E-state index >= 15 is 0 Å². The summed E-state index contributed by atoms with van der Waals surface area (Å²) >= 11 is 6.04. The normalized spacial score (nSPS) is 18.7. The smallest absolute Gasteiger partial charge is 0.243 e. The zero-order valence-corrected chi connectivity index (χ0v) is 14.0. The van der Waals surface area contributed by atoms with Crippen molar-refractivity contribution in [3.63, 3.8) is 0 Å². The highest BCUT2D eigenvalue weighted by Gasteiger charge is 2.36. The number of halogens is 1. The molecule has 1 heterocycles. The molecule has 0 radical (unpaired) electrons. The van der Waals surface area contributed by atoms with Gasteiger partial charge in [-0.05, 0) is 24.6 Å². The Bertz CT molecular complexity index is 716. The summed E-state index contributed by atoms with van der Waals surface area (Å²) in [5.74, 6) is 2.75. The van der Waals surface area contributed by atoms with Gasteiger partial charge in [-0.15, -0.1) is 6.42 Å². The Hall–Kier alpha value is -1.26. The number of piperidine rings is 1. The number of rotatable bonds is 3. The summed E-state index contributed by atoms with van der Waals surface area (Å²) in [4.78, 5) is 0.143. The Balaban J connectivity index is 2.33. The SMILES string of the molecule is C#CC1(O)CCN(S(=O)(=O)c2cc(Cl)c(OC)cc2C)CC1. The first-order chi connectivity index (χ1) is 10.2. The van der Waals surface area contributed by atoms with Crippen molar-refractivity contribution in [2.24, 2.45) is 0 Å². The highest BCUT2D eigenvalue weighted by atomic mass is 35.5. The molecule has 120 valence electrons. The zero-order chi connectivity index (χ0) is 16.5. The van der Waals surface area contributed by atoms with Crippen LogP contribution in [0.5, 0.6) is 5.75 Å². The van der Waals surface area contributed by atoms with Crippen LogP contribution in [0.2, 0.25) is 5.02 Å². The van der Waals surface area contributed by atoms with Crippen LogP contribution in [0, 0.1) is 19.3 Å². The van der Waals surface area contributed by atoms with Crippen molar-refractivity contribution in [2.45, 2.75) is 30.3 Å². The van der Waals surface area contributed by atoms with Crippen molar-refractivity contribution in [2.75, 3.05) is 20.2 Å². The molecule has 0 aromatic heterocycles. The standard InChI is InChI=1S/C15H18ClNO4S/c1-4-15(18)5-7-17(8-6-15)22(19,20)14-10-12(16)13(21-3)9-11(14)2/h1,9-10,18H,5-8H2,2-3H3. The Morgan fingerprint density at radius 3 is 2.50 bits per heavy atom. The Morgan fingerprint density at radius 1 is 1.41 bits per heavy atom. The van der Waals surface area contributed by atoms with E-state index < -0.39 is 15.6 Å². The van der Waals surface area contributed by atoms with E-state index in [2.05, 4.69) is 5.92 Å². The fraction of sp³-hybridized carbons (Fsp3) is 0.467. The van der Waals surface area contributed by atoms with Crippen molar-refractivity contribution in [3.05, 3.63) is 22.7 Å². The van der Waals surface area contributed by atoms with Crippen LogP contribution in [0.1, 0.15) is 18.4 Å². The number of methoxy groups -OCH3 is 1. The van der Waals surface area contributed by atoms with Gasteiger partial charge in [-0.2, -0.15) is 4.31 Å². The number of nitrogens with zero attached hydrogens (tertiary/aromatic N) is 1. The van der Waals surface area contributed by atoms with Gasteiger partial charge in [0.1, 0.15) is 11.4 Å². The molecule has 0 spiro atoms. The Kier molecular flexibility index (Phi) is 4.73. The van der Waals surface area contributed by atoms with Crippen LogP contribution in [-0.4, -0.2) is 43.6 Å². The molecule has 22 heavy (non-hydrogen) atoms. The Labute approximate surface area is 135 Å². The minimum absolute atomic E-state index is 0.143. The maximum absolute atomic E-state index is 12.8. The molecule has 7 heteroatoms. The number of hydrogen-bond acceptors (Lipinski definition) is 4. The van der Waals surface area contributed by atoms with Crippen LogP contribution in [0.15, 0.2) is 17.0 Å². The highest BCUT2D eigenvalue weighted by molar-refractivity contribution is 7.89. The van der Waals surface area contributed by atoms with Crippen LogP contribution < -0.4 is 4.74 Å². The summed E-state index contributed by atoms with van der Waals surface area (Å²) in [6, 6.07) is 2.99. The van der Waals surface area contributed by atoms with E-state index in [0.717, 1.165) is 0 Å². The molecule has 1 N–H and O–H groups in total. The highest BCUT2D eigenvalue weighted by Crippen LogP contribution is 2.33. The molecular formula is C15H18ClNO4S. The second-order valence-electron chi connectivity index (χ2n) is 5.33. The largest absolute Gasteiger partial charge is 0.495 e. The number of benzene rings is 1. The Morgan fingerprint density at radius 2 is 2.00 bits per heavy atom. The maximum Gasteiger partial charge on any atom is 0.243 e. The van der Waals surface area contributed by atoms with E-state index in [1.165, 1.54) is 17.5 Å². The summed E-state index contributed by atoms with van der Waals surface area (Å²) in [7, 11) is -2.21. The van der Waals surface area contributed by atoms with Crippen LogP contribution in [0.3, 0.4) is 0 Å². The lowest BCUT2D eigenvalue weighted by Gasteiger charge is -2.34. The van der Waals surface area contributed by atoms with E-state index in [9.17, 15) is 13.5 Å². The molecule has 0 aliphatic carbocycles. The third-order valence-corrected chi connectivity index (χ3v) is 6.22. The number of terminal acetylenes is 1. The van der Waals surface area contributed by atoms with Crippen molar-refractivity contribution < 1.29 is 18.3 Å². The van der Waals surface area contributed by atoms with E-state index in [0.29, 0.717) is 11.3 Å². The van der Waals surface area contributed by atoms with Crippen LogP contribution in [0.4, 0.5) is 0 Å². The summed E-state index contributed by atoms with van der Waals surface area (Å²) < 4.78 is 31.9. The molecule has 0 bridgehead atoms. The van der Waals surface area contributed by atoms with E-state index in [1.807, 2.05) is 0 Å². The lowest BCUT2D eigenvalue weighted by Crippen LogP contribution is -2.45. The summed E-state index contributed by atoms with van der Waals surface area (Å²) in [5, 5.41) is 10.2. The molecule has 1 fully saturated rings. The zero-order valence-electron chi connectivity index (χ0n) is 12.5. The second-order valence-corrected chi connectivity index (χ2v) is 7.65. The van der Waals surface area contributed by atoms with Gasteiger partial charge in [-0.25, -0.2) is 8.42 Å². The van der Waals surface area contributed by atoms with Gasteiger partial charge in [-0.3, -0.25) is 0 Å². The minimum atomic E-state index is -3.68. The summed E-state index contributed by atoms with van der Waals surface area (Å²) in [6.45, 7) is 2.03. The molecule has 5 nitrogen and oxygen atoms in total. The summed E-state index contributed by atoms with van der Waals surface area (Å²) in [6.07, 6.45) is 5.71. The molecular weight excluding hydrogens is 326 g/mol. The van der Waals surface area contributed by atoms with Gasteiger partial charge in [-0.1, -0.05) is 17.5 Å². The van der Waals surface area contributed by atoms with Gasteiger partial charge in [0.05, 0.1) is 17.0 Å². The fourth-order valence-corrected chi connectivity index (χ4v) is 4.43. The quantitative estimate of drug-likeness (QED) is 0.850. The molecule has 0 saturated carbocycles. The third-order valence-electron chi connectivity index (χ3n) is 3.89. The predicted octanol–water partition coefficient (Wildman–Crippen LogP) is 1.81. The molecule has 2 rings (SSSR count). The van der Waals surface area contributed by atoms with Gasteiger partial charge in [0, 0.05) is 25.9 Å². The number of sulfonamides is 1. The molecule has 1 aliphatic rings. The van der Waals surface area contributed by atoms with E-state index in [-0.39, 0.29) is 35.8 Å². The molecule has 1 aromatic carbocycles. The molecule has 0 atom stereocenters. The van der Waals surface area contributed by atoms with Crippen LogP contribution in [-0.2, 0) is 10.0 Å². The lowest BCUT2D eigenvalue weighted by atomic mass is 9.94. The number of hydrogen-bond donors (Lipinski definition) is 1. The van der Waals surface area contributed by atoms with Crippen LogP contribution >= 0.6 is 11.6 Å². The lowest BCUT2D eigenvalue weighted by molar-refractivity contribution is 0.0489. The minimum Gasteiger partial charge on any atom is -0.495 e. The van der Waals surface area contributed by atoms with Crippen molar-refractivity contribution in [1.82, 2.24) is 4.31 Å². The first kappa shape index (κ1) is 17.1. The number of ether oxygens (including phenoxy) is 1. The van der Waals surface area contributed by atoms with Crippen molar-refractivity contribution in [3.8, 4) is 18.1 Å². The van der Waals surface area contributed by atoms with Crippen LogP contribution in [0.25, 0.3) is 0 Å². The first-order valence-electron chi connectivity index (χ1n) is 6.78. The molecule has 1 aromatic rings. The number of aryl methyl sites for hydroxylation is 1. The van der Waals surface area contributed by atoms with Gasteiger partial charge in [0.15, 0.2) is 0 Å². The van der Waals surface area contributed by atoms with Gasteiger partial charge >= 0.3 is 0 Å². The second kappa shape index (κ2) is 6.09. The molecule has 1 aliphatic heterocycles. The summed E-state index contributed by atoms with van der Waals surface area (Å²) in [5.41, 5.74) is -0.669. The predicted molar refractivity (Wildman–Crippen MR) is 84.5 cm³/mol. The average Bonchev–Trinajstić information content (AvgIpc) is 2.49. The van der Waals surface area contributed by atoms with E-state index in [1.54, 1.807) is 13.0 Å². The monoisotopic (exact) mass is 343 g/mol. The average molecular weight is 344 g/mol. The van der Waals surface area contributed by atoms with Crippen molar-refractivity contribution in [1.29, 1.82) is 0 Å². The third kappa shape index (κ3) is 3.08. The van der Waals surface area contributed by atoms with Gasteiger partial charge in [0.2, 0.25) is 10.0 Å². The maximum atomic E-state index is 12.8. The molecule has 1 saturated heterocycles. The van der Waals surface area contributed by atoms with E-state index in [4.69, 9.17) is 22.8 Å². The topological polar surface area (TPSA) is 66.8 Å². The number of aliphatic hydroxyl groups is 1. The van der Waals surface area contributed by atoms with Gasteiger partial charge < -0.3 is 9.84 Å². The molecule has 0 amide bonds. The van der Waals surface area contributed by atoms with Crippen molar-refractivity contribution >= 4 is 21.6 Å².